The predicted octanol–water partition coefficient (Wildman–Crippen LogP) is 0.297. The normalized spacial score (nSPS) is 12.9. The van der Waals surface area contributed by atoms with E-state index in [9.17, 15) is 4.79 Å². The number of rotatable bonds is 0. The van der Waals surface area contributed by atoms with Gasteiger partial charge in [-0.1, -0.05) is 5.21 Å². The second-order valence-corrected chi connectivity index (χ2v) is 1.53. The van der Waals surface area contributed by atoms with Crippen molar-refractivity contribution in [1.82, 2.24) is 15.4 Å². The highest BCUT2D eigenvalue weighted by Gasteiger charge is 1.92. The van der Waals surface area contributed by atoms with E-state index in [0.717, 1.165) is 0 Å². The summed E-state index contributed by atoms with van der Waals surface area (Å²) in [5.41, 5.74) is 0. The Labute approximate surface area is 62.0 Å². The first-order valence-corrected chi connectivity index (χ1v) is 2.81. The van der Waals surface area contributed by atoms with Crippen molar-refractivity contribution in [3.05, 3.63) is 24.7 Å². The number of nitrogens with one attached hydrogen (secondary N) is 1. The first-order valence-electron chi connectivity index (χ1n) is 2.81. The lowest BCUT2D eigenvalue weighted by Gasteiger charge is -1.59. The second-order valence-electron chi connectivity index (χ2n) is 1.53. The van der Waals surface area contributed by atoms with Crippen molar-refractivity contribution >= 4 is 5.91 Å². The quantitative estimate of drug-likeness (QED) is 0.578. The number of amides is 1. The summed E-state index contributed by atoms with van der Waals surface area (Å²) in [6.07, 6.45) is 5.91. The van der Waals surface area contributed by atoms with Crippen LogP contribution in [0.5, 0.6) is 0 Å². The van der Waals surface area contributed by atoms with E-state index in [1.807, 2.05) is 0 Å². The van der Waals surface area contributed by atoms with E-state index >= 15 is 0 Å². The Bertz CT molecular complexity index is 231. The van der Waals surface area contributed by atoms with E-state index in [4.69, 9.17) is 0 Å². The summed E-state index contributed by atoms with van der Waals surface area (Å²) < 4.78 is 0. The van der Waals surface area contributed by atoms with Crippen LogP contribution in [0, 0.1) is 0 Å². The lowest BCUT2D eigenvalue weighted by atomic mass is 10.6. The average Bonchev–Trinajstić information content (AvgIpc) is 2.57. The number of hydrogen-bond donors (Lipinski definition) is 1. The Kier molecular flexibility index (Phi) is 2.67. The molecule has 0 spiro atoms. The summed E-state index contributed by atoms with van der Waals surface area (Å²) in [5, 5.41) is 15.6. The molecule has 1 amide bonds. The summed E-state index contributed by atoms with van der Waals surface area (Å²) in [7, 11) is 0. The van der Waals surface area contributed by atoms with Crippen LogP contribution in [-0.2, 0) is 4.79 Å². The van der Waals surface area contributed by atoms with Crippen LogP contribution in [0.25, 0.3) is 0 Å². The minimum absolute atomic E-state index is 0.269. The smallest absolute Gasteiger partial charge is 0.266 e. The van der Waals surface area contributed by atoms with E-state index in [2.05, 4.69) is 25.6 Å². The summed E-state index contributed by atoms with van der Waals surface area (Å²) in [5.74, 6) is -0.269. The molecular weight excluding hydrogens is 146 g/mol. The predicted molar refractivity (Wildman–Crippen MR) is 35.4 cm³/mol. The number of carbonyl (C=O) groups is 1. The maximum Gasteiger partial charge on any atom is 0.289 e. The molecule has 1 N–H and O–H groups in total. The lowest BCUT2D eigenvalue weighted by Crippen LogP contribution is -1.74. The zero-order valence-electron chi connectivity index (χ0n) is 5.51. The molecule has 0 radical (unpaired) electrons. The first kappa shape index (κ1) is 7.26. The van der Waals surface area contributed by atoms with Gasteiger partial charge in [0, 0.05) is 12.3 Å². The molecule has 6 nitrogen and oxygen atoms in total. The van der Waals surface area contributed by atoms with Crippen molar-refractivity contribution in [3.8, 4) is 0 Å². The van der Waals surface area contributed by atoms with Gasteiger partial charge in [0.25, 0.3) is 5.91 Å². The minimum Gasteiger partial charge on any atom is -0.266 e. The van der Waals surface area contributed by atoms with E-state index in [0.29, 0.717) is 0 Å². The number of azo groups is 1. The molecule has 1 aromatic rings. The SMILES string of the molecule is O=C1C=CN=N1.c1c[nH]nn1. The summed E-state index contributed by atoms with van der Waals surface area (Å²) in [6, 6.07) is 0. The molecule has 0 atom stereocenters. The number of H-pyrrole nitrogens is 1. The monoisotopic (exact) mass is 151 g/mol. The van der Waals surface area contributed by atoms with E-state index in [1.165, 1.54) is 12.3 Å². The van der Waals surface area contributed by atoms with Crippen molar-refractivity contribution in [2.45, 2.75) is 0 Å². The van der Waals surface area contributed by atoms with Gasteiger partial charge in [-0.05, 0) is 0 Å². The van der Waals surface area contributed by atoms with Crippen molar-refractivity contribution in [2.75, 3.05) is 0 Å². The summed E-state index contributed by atoms with van der Waals surface area (Å²) in [6.45, 7) is 0. The molecule has 1 aromatic heterocycles. The Morgan fingerprint density at radius 2 is 2.36 bits per heavy atom. The number of nitrogens with zero attached hydrogens (tertiary/aromatic N) is 4. The van der Waals surface area contributed by atoms with E-state index in [-0.39, 0.29) is 5.91 Å². The summed E-state index contributed by atoms with van der Waals surface area (Å²) in [4.78, 5) is 9.90. The van der Waals surface area contributed by atoms with Crippen LogP contribution in [0.3, 0.4) is 0 Å². The van der Waals surface area contributed by atoms with Gasteiger partial charge < -0.3 is 0 Å². The fourth-order valence-electron chi connectivity index (χ4n) is 0.387. The standard InChI is InChI=1S/C3H2N2O.C2H3N3/c6-3-1-2-4-5-3;1-2-4-5-3-1/h1-2H;1-2H,(H,3,4,5). The van der Waals surface area contributed by atoms with Crippen LogP contribution in [0.15, 0.2) is 34.9 Å². The maximum atomic E-state index is 9.90. The Morgan fingerprint density at radius 3 is 2.55 bits per heavy atom. The van der Waals surface area contributed by atoms with Gasteiger partial charge in [-0.3, -0.25) is 9.89 Å². The molecule has 1 aliphatic heterocycles. The average molecular weight is 151 g/mol. The number of hydrogen-bond acceptors (Lipinski definition) is 4. The molecule has 6 heteroatoms. The first-order chi connectivity index (χ1) is 5.39. The van der Waals surface area contributed by atoms with Crippen LogP contribution in [0.1, 0.15) is 0 Å². The van der Waals surface area contributed by atoms with Gasteiger partial charge in [-0.2, -0.15) is 5.11 Å². The van der Waals surface area contributed by atoms with Gasteiger partial charge in [0.15, 0.2) is 0 Å². The molecule has 0 aromatic carbocycles. The molecule has 0 bridgehead atoms. The fraction of sp³-hybridized carbons (Fsp3) is 0. The van der Waals surface area contributed by atoms with Gasteiger partial charge in [0.2, 0.25) is 0 Å². The molecule has 0 unspecified atom stereocenters. The largest absolute Gasteiger partial charge is 0.289 e. The maximum absolute atomic E-state index is 9.90. The van der Waals surface area contributed by atoms with Gasteiger partial charge in [-0.15, -0.1) is 10.2 Å². The molecular formula is C5H5N5O. The Morgan fingerprint density at radius 1 is 1.45 bits per heavy atom. The van der Waals surface area contributed by atoms with Crippen LogP contribution >= 0.6 is 0 Å². The molecule has 2 heterocycles. The molecule has 2 rings (SSSR count). The van der Waals surface area contributed by atoms with Crippen LogP contribution in [0.4, 0.5) is 0 Å². The molecule has 0 saturated heterocycles. The summed E-state index contributed by atoms with van der Waals surface area (Å²) >= 11 is 0. The van der Waals surface area contributed by atoms with Gasteiger partial charge in [0.05, 0.1) is 12.4 Å². The minimum atomic E-state index is -0.269. The molecule has 1 aliphatic rings. The number of aromatic amines is 1. The Hall–Kier alpha value is -1.85. The van der Waals surface area contributed by atoms with Gasteiger partial charge >= 0.3 is 0 Å². The molecule has 56 valence electrons. The molecule has 11 heavy (non-hydrogen) atoms. The number of aromatic nitrogens is 3. The zero-order chi connectivity index (χ0) is 7.94. The Balaban J connectivity index is 0.000000112. The van der Waals surface area contributed by atoms with Crippen molar-refractivity contribution in [2.24, 2.45) is 10.2 Å². The molecule has 0 fully saturated rings. The highest BCUT2D eigenvalue weighted by atomic mass is 16.1. The van der Waals surface area contributed by atoms with E-state index in [1.54, 1.807) is 12.4 Å². The van der Waals surface area contributed by atoms with Gasteiger partial charge in [-0.25, -0.2) is 0 Å². The topological polar surface area (TPSA) is 83.4 Å². The van der Waals surface area contributed by atoms with Crippen molar-refractivity contribution in [1.29, 1.82) is 0 Å². The van der Waals surface area contributed by atoms with E-state index < -0.39 is 0 Å². The van der Waals surface area contributed by atoms with Crippen molar-refractivity contribution in [3.63, 3.8) is 0 Å². The second kappa shape index (κ2) is 4.04. The molecule has 0 saturated carbocycles. The molecule has 0 aliphatic carbocycles. The third kappa shape index (κ3) is 2.99. The van der Waals surface area contributed by atoms with Crippen LogP contribution in [-0.4, -0.2) is 21.3 Å². The highest BCUT2D eigenvalue weighted by molar-refractivity contribution is 5.89. The van der Waals surface area contributed by atoms with Crippen LogP contribution in [0.2, 0.25) is 0 Å². The zero-order valence-corrected chi connectivity index (χ0v) is 5.51. The van der Waals surface area contributed by atoms with Crippen LogP contribution < -0.4 is 0 Å². The lowest BCUT2D eigenvalue weighted by molar-refractivity contribution is -0.113. The van der Waals surface area contributed by atoms with Gasteiger partial charge in [0.1, 0.15) is 0 Å². The highest BCUT2D eigenvalue weighted by Crippen LogP contribution is 1.90. The fourth-order valence-corrected chi connectivity index (χ4v) is 0.387. The third-order valence-electron chi connectivity index (χ3n) is 0.771. The van der Waals surface area contributed by atoms with Crippen molar-refractivity contribution < 1.29 is 4.79 Å². The number of carbonyl (C=O) groups excluding carboxylic acids is 1. The third-order valence-corrected chi connectivity index (χ3v) is 0.771.